The molecule has 0 fully saturated rings. The van der Waals surface area contributed by atoms with Gasteiger partial charge >= 0.3 is 0 Å². The summed E-state index contributed by atoms with van der Waals surface area (Å²) >= 11 is 1.42. The summed E-state index contributed by atoms with van der Waals surface area (Å²) in [5, 5.41) is 0.756. The van der Waals surface area contributed by atoms with E-state index in [2.05, 4.69) is 4.99 Å². The highest BCUT2D eigenvalue weighted by Gasteiger charge is 2.22. The monoisotopic (exact) mass is 323 g/mol. The SMILES string of the molecule is COc1ccc(/C=C2\SC(c3ccc(C)cc3)=NC2=O)cc1C. The topological polar surface area (TPSA) is 38.7 Å². The number of benzene rings is 2. The molecule has 1 aliphatic rings. The fraction of sp³-hybridized carbons (Fsp3) is 0.158. The van der Waals surface area contributed by atoms with E-state index in [1.54, 1.807) is 7.11 Å². The Labute approximate surface area is 140 Å². The molecule has 0 aromatic heterocycles. The van der Waals surface area contributed by atoms with Crippen molar-refractivity contribution < 1.29 is 9.53 Å². The van der Waals surface area contributed by atoms with E-state index < -0.39 is 0 Å². The Morgan fingerprint density at radius 2 is 1.83 bits per heavy atom. The highest BCUT2D eigenvalue weighted by molar-refractivity contribution is 8.19. The van der Waals surface area contributed by atoms with Crippen molar-refractivity contribution in [3.05, 3.63) is 69.6 Å². The highest BCUT2D eigenvalue weighted by atomic mass is 32.2. The fourth-order valence-corrected chi connectivity index (χ4v) is 3.29. The third kappa shape index (κ3) is 3.37. The standard InChI is InChI=1S/C19H17NO2S/c1-12-4-7-15(8-5-12)19-20-18(21)17(23-19)11-14-6-9-16(22-3)13(2)10-14/h4-11H,1-3H3/b17-11-. The smallest absolute Gasteiger partial charge is 0.284 e. The lowest BCUT2D eigenvalue weighted by Gasteiger charge is -2.05. The second-order valence-electron chi connectivity index (χ2n) is 5.43. The Morgan fingerprint density at radius 1 is 1.09 bits per heavy atom. The molecule has 4 heteroatoms. The van der Waals surface area contributed by atoms with E-state index in [-0.39, 0.29) is 5.91 Å². The number of ether oxygens (including phenoxy) is 1. The minimum atomic E-state index is -0.181. The quantitative estimate of drug-likeness (QED) is 0.787. The summed E-state index contributed by atoms with van der Waals surface area (Å²) in [5.41, 5.74) is 4.17. The maximum Gasteiger partial charge on any atom is 0.284 e. The van der Waals surface area contributed by atoms with Gasteiger partial charge < -0.3 is 4.74 Å². The lowest BCUT2D eigenvalue weighted by molar-refractivity contribution is -0.113. The number of aryl methyl sites for hydroxylation is 2. The Balaban J connectivity index is 1.84. The van der Waals surface area contributed by atoms with Crippen molar-refractivity contribution in [3.8, 4) is 5.75 Å². The number of hydrogen-bond donors (Lipinski definition) is 0. The molecule has 0 atom stereocenters. The average molecular weight is 323 g/mol. The van der Waals surface area contributed by atoms with Crippen molar-refractivity contribution in [1.29, 1.82) is 0 Å². The molecular formula is C19H17NO2S. The molecule has 1 heterocycles. The second kappa shape index (κ2) is 6.42. The van der Waals surface area contributed by atoms with Crippen LogP contribution >= 0.6 is 11.8 Å². The van der Waals surface area contributed by atoms with E-state index in [1.165, 1.54) is 17.3 Å². The van der Waals surface area contributed by atoms with Gasteiger partial charge in [-0.3, -0.25) is 4.79 Å². The maximum absolute atomic E-state index is 12.1. The van der Waals surface area contributed by atoms with E-state index >= 15 is 0 Å². The molecule has 0 saturated heterocycles. The summed E-state index contributed by atoms with van der Waals surface area (Å²) in [5.74, 6) is 0.660. The fourth-order valence-electron chi connectivity index (χ4n) is 2.37. The number of hydrogen-bond acceptors (Lipinski definition) is 3. The Morgan fingerprint density at radius 3 is 2.48 bits per heavy atom. The minimum Gasteiger partial charge on any atom is -0.496 e. The first-order chi connectivity index (χ1) is 11.1. The highest BCUT2D eigenvalue weighted by Crippen LogP contribution is 2.32. The third-order valence-corrected chi connectivity index (χ3v) is 4.67. The molecule has 0 spiro atoms. The Hall–Kier alpha value is -2.33. The summed E-state index contributed by atoms with van der Waals surface area (Å²) in [6, 6.07) is 13.9. The van der Waals surface area contributed by atoms with E-state index in [1.807, 2.05) is 62.4 Å². The zero-order valence-corrected chi connectivity index (χ0v) is 14.1. The molecule has 2 aromatic rings. The zero-order valence-electron chi connectivity index (χ0n) is 13.3. The van der Waals surface area contributed by atoms with Crippen LogP contribution in [0.25, 0.3) is 6.08 Å². The number of aliphatic imine (C=N–C) groups is 1. The Kier molecular flexibility index (Phi) is 4.35. The first-order valence-electron chi connectivity index (χ1n) is 7.31. The van der Waals surface area contributed by atoms with Crippen LogP contribution in [0, 0.1) is 13.8 Å². The largest absolute Gasteiger partial charge is 0.496 e. The summed E-state index contributed by atoms with van der Waals surface area (Å²) in [4.78, 5) is 16.9. The van der Waals surface area contributed by atoms with Gasteiger partial charge in [-0.15, -0.1) is 0 Å². The summed E-state index contributed by atoms with van der Waals surface area (Å²) in [6.07, 6.45) is 1.88. The average Bonchev–Trinajstić information content (AvgIpc) is 2.89. The predicted octanol–water partition coefficient (Wildman–Crippen LogP) is 4.37. The van der Waals surface area contributed by atoms with Crippen LogP contribution in [-0.2, 0) is 4.79 Å². The predicted molar refractivity (Wildman–Crippen MR) is 96.0 cm³/mol. The number of nitrogens with zero attached hydrogens (tertiary/aromatic N) is 1. The van der Waals surface area contributed by atoms with Gasteiger partial charge in [-0.05, 0) is 43.2 Å². The molecule has 0 bridgehead atoms. The zero-order chi connectivity index (χ0) is 16.4. The minimum absolute atomic E-state index is 0.181. The van der Waals surface area contributed by atoms with Crippen LogP contribution in [0.1, 0.15) is 22.3 Å². The first-order valence-corrected chi connectivity index (χ1v) is 8.13. The molecule has 23 heavy (non-hydrogen) atoms. The number of rotatable bonds is 3. The first kappa shape index (κ1) is 15.6. The van der Waals surface area contributed by atoms with Crippen LogP contribution in [0.5, 0.6) is 5.75 Å². The van der Waals surface area contributed by atoms with Gasteiger partial charge in [0.1, 0.15) is 10.8 Å². The molecule has 1 amide bonds. The normalized spacial score (nSPS) is 15.9. The number of carbonyl (C=O) groups excluding carboxylic acids is 1. The van der Waals surface area contributed by atoms with Crippen molar-refractivity contribution >= 4 is 28.8 Å². The van der Waals surface area contributed by atoms with Gasteiger partial charge in [-0.2, -0.15) is 0 Å². The molecule has 1 aliphatic heterocycles. The molecule has 0 saturated carbocycles. The van der Waals surface area contributed by atoms with Crippen LogP contribution in [0.3, 0.4) is 0 Å². The van der Waals surface area contributed by atoms with Gasteiger partial charge in [-0.25, -0.2) is 4.99 Å². The van der Waals surface area contributed by atoms with Gasteiger partial charge in [0.05, 0.1) is 12.0 Å². The molecule has 2 aromatic carbocycles. The summed E-state index contributed by atoms with van der Waals surface area (Å²) in [6.45, 7) is 4.02. The lowest BCUT2D eigenvalue weighted by Crippen LogP contribution is -1.90. The van der Waals surface area contributed by atoms with Gasteiger partial charge in [0.15, 0.2) is 0 Å². The van der Waals surface area contributed by atoms with E-state index in [0.717, 1.165) is 27.5 Å². The van der Waals surface area contributed by atoms with Crippen LogP contribution in [0.15, 0.2) is 52.4 Å². The molecule has 3 nitrogen and oxygen atoms in total. The van der Waals surface area contributed by atoms with Crippen LogP contribution in [-0.4, -0.2) is 18.1 Å². The van der Waals surface area contributed by atoms with Crippen molar-refractivity contribution in [2.45, 2.75) is 13.8 Å². The van der Waals surface area contributed by atoms with Crippen LogP contribution in [0.2, 0.25) is 0 Å². The lowest BCUT2D eigenvalue weighted by atomic mass is 10.1. The van der Waals surface area contributed by atoms with Crippen molar-refractivity contribution in [1.82, 2.24) is 0 Å². The molecule has 0 aliphatic carbocycles. The van der Waals surface area contributed by atoms with Gasteiger partial charge in [0.2, 0.25) is 0 Å². The van der Waals surface area contributed by atoms with Gasteiger partial charge in [-0.1, -0.05) is 47.7 Å². The number of methoxy groups -OCH3 is 1. The molecular weight excluding hydrogens is 306 g/mol. The number of carbonyl (C=O) groups is 1. The summed E-state index contributed by atoms with van der Waals surface area (Å²) < 4.78 is 5.26. The molecule has 0 N–H and O–H groups in total. The van der Waals surface area contributed by atoms with Crippen molar-refractivity contribution in [2.24, 2.45) is 4.99 Å². The number of amides is 1. The molecule has 116 valence electrons. The van der Waals surface area contributed by atoms with E-state index in [9.17, 15) is 4.79 Å². The van der Waals surface area contributed by atoms with Crippen LogP contribution < -0.4 is 4.74 Å². The van der Waals surface area contributed by atoms with E-state index in [4.69, 9.17) is 4.74 Å². The second-order valence-corrected chi connectivity index (χ2v) is 6.46. The summed E-state index contributed by atoms with van der Waals surface area (Å²) in [7, 11) is 1.65. The van der Waals surface area contributed by atoms with Crippen molar-refractivity contribution in [3.63, 3.8) is 0 Å². The maximum atomic E-state index is 12.1. The third-order valence-electron chi connectivity index (χ3n) is 3.64. The van der Waals surface area contributed by atoms with Crippen LogP contribution in [0.4, 0.5) is 0 Å². The molecule has 0 radical (unpaired) electrons. The van der Waals surface area contributed by atoms with Gasteiger partial charge in [0.25, 0.3) is 5.91 Å². The molecule has 3 rings (SSSR count). The Bertz CT molecular complexity index is 820. The number of thioether (sulfide) groups is 1. The molecule has 0 unspecified atom stereocenters. The van der Waals surface area contributed by atoms with Gasteiger partial charge in [0, 0.05) is 5.56 Å². The van der Waals surface area contributed by atoms with E-state index in [0.29, 0.717) is 4.91 Å². The van der Waals surface area contributed by atoms with Crippen molar-refractivity contribution in [2.75, 3.05) is 7.11 Å².